The quantitative estimate of drug-likeness (QED) is 0.531. The highest BCUT2D eigenvalue weighted by atomic mass is 35.5. The molecule has 0 radical (unpaired) electrons. The summed E-state index contributed by atoms with van der Waals surface area (Å²) in [5.41, 5.74) is 4.07. The van der Waals surface area contributed by atoms with Crippen molar-refractivity contribution in [3.05, 3.63) is 57.6 Å². The molecule has 1 fully saturated rings. The molecule has 0 spiro atoms. The molecule has 1 saturated heterocycles. The van der Waals surface area contributed by atoms with Crippen LogP contribution in [0.15, 0.2) is 36.4 Å². The lowest BCUT2D eigenvalue weighted by Gasteiger charge is -2.29. The van der Waals surface area contributed by atoms with Crippen LogP contribution in [-0.2, 0) is 0 Å². The number of hydrogen-bond acceptors (Lipinski definition) is 4. The molecule has 2 aromatic rings. The highest BCUT2D eigenvalue weighted by molar-refractivity contribution is 5.85. The Kier molecular flexibility index (Phi) is 7.22. The Balaban J connectivity index is 0.00000261. The van der Waals surface area contributed by atoms with Gasteiger partial charge in [0.25, 0.3) is 5.69 Å². The van der Waals surface area contributed by atoms with Gasteiger partial charge in [0.15, 0.2) is 0 Å². The molecule has 0 amide bonds. The molecule has 146 valence electrons. The molecule has 1 aliphatic rings. The third-order valence-electron chi connectivity index (χ3n) is 5.04. The summed E-state index contributed by atoms with van der Waals surface area (Å²) in [6, 6.07) is 10.9. The number of hydrogen-bond donors (Lipinski definition) is 0. The van der Waals surface area contributed by atoms with Gasteiger partial charge in [-0.1, -0.05) is 12.1 Å². The van der Waals surface area contributed by atoms with E-state index < -0.39 is 0 Å². The minimum absolute atomic E-state index is 0. The molecule has 1 unspecified atom stereocenters. The standard InChI is InChI=1S/C21H26N2O3.ClH/c1-15-10-19(18-7-4-8-20(12-18)23(24)25)11-16(2)21(15)26-14-17-6-5-9-22(3)13-17;/h4,7-8,10-12,17H,5-6,9,13-14H2,1-3H3;1H. The molecule has 1 aliphatic heterocycles. The van der Waals surface area contributed by atoms with E-state index >= 15 is 0 Å². The van der Waals surface area contributed by atoms with E-state index in [1.165, 1.54) is 25.5 Å². The summed E-state index contributed by atoms with van der Waals surface area (Å²) in [6.07, 6.45) is 2.45. The van der Waals surface area contributed by atoms with Crippen molar-refractivity contribution < 1.29 is 9.66 Å². The fraction of sp³-hybridized carbons (Fsp3) is 0.429. The maximum Gasteiger partial charge on any atom is 0.270 e. The topological polar surface area (TPSA) is 55.6 Å². The summed E-state index contributed by atoms with van der Waals surface area (Å²) in [5.74, 6) is 1.51. The van der Waals surface area contributed by atoms with Gasteiger partial charge in [-0.3, -0.25) is 10.1 Å². The Morgan fingerprint density at radius 1 is 1.19 bits per heavy atom. The van der Waals surface area contributed by atoms with Crippen molar-refractivity contribution in [2.45, 2.75) is 26.7 Å². The summed E-state index contributed by atoms with van der Waals surface area (Å²) in [6.45, 7) is 7.07. The highest BCUT2D eigenvalue weighted by Gasteiger charge is 2.19. The second-order valence-electron chi connectivity index (χ2n) is 7.33. The van der Waals surface area contributed by atoms with Gasteiger partial charge in [-0.05, 0) is 74.7 Å². The monoisotopic (exact) mass is 390 g/mol. The predicted octanol–water partition coefficient (Wildman–Crippen LogP) is 5.02. The van der Waals surface area contributed by atoms with Crippen molar-refractivity contribution >= 4 is 18.1 Å². The van der Waals surface area contributed by atoms with Crippen LogP contribution in [0.1, 0.15) is 24.0 Å². The van der Waals surface area contributed by atoms with Crippen molar-refractivity contribution in [1.29, 1.82) is 0 Å². The molecule has 1 heterocycles. The van der Waals surface area contributed by atoms with Crippen LogP contribution in [0.25, 0.3) is 11.1 Å². The van der Waals surface area contributed by atoms with Crippen LogP contribution >= 0.6 is 12.4 Å². The molecule has 0 aromatic heterocycles. The molecule has 0 N–H and O–H groups in total. The van der Waals surface area contributed by atoms with Crippen LogP contribution in [0.4, 0.5) is 5.69 Å². The third kappa shape index (κ3) is 5.21. The number of rotatable bonds is 5. The van der Waals surface area contributed by atoms with Gasteiger partial charge in [0.05, 0.1) is 11.5 Å². The normalized spacial score (nSPS) is 17.2. The number of non-ortho nitro benzene ring substituents is 1. The molecule has 0 aliphatic carbocycles. The van der Waals surface area contributed by atoms with E-state index in [9.17, 15) is 10.1 Å². The second kappa shape index (κ2) is 9.20. The Hall–Kier alpha value is -2.11. The number of aryl methyl sites for hydroxylation is 2. The van der Waals surface area contributed by atoms with E-state index in [0.29, 0.717) is 5.92 Å². The summed E-state index contributed by atoms with van der Waals surface area (Å²) in [4.78, 5) is 13.0. The Morgan fingerprint density at radius 3 is 2.52 bits per heavy atom. The Labute approximate surface area is 166 Å². The minimum atomic E-state index is -0.359. The lowest BCUT2D eigenvalue weighted by atomic mass is 9.98. The van der Waals surface area contributed by atoms with Crippen molar-refractivity contribution in [3.8, 4) is 16.9 Å². The van der Waals surface area contributed by atoms with Gasteiger partial charge < -0.3 is 9.64 Å². The zero-order chi connectivity index (χ0) is 18.7. The van der Waals surface area contributed by atoms with Crippen molar-refractivity contribution in [2.24, 2.45) is 5.92 Å². The number of nitro groups is 1. The van der Waals surface area contributed by atoms with Crippen molar-refractivity contribution in [1.82, 2.24) is 4.90 Å². The van der Waals surface area contributed by atoms with Crippen LogP contribution in [0.3, 0.4) is 0 Å². The molecule has 6 heteroatoms. The van der Waals surface area contributed by atoms with E-state index in [4.69, 9.17) is 4.74 Å². The smallest absolute Gasteiger partial charge is 0.270 e. The van der Waals surface area contributed by atoms with Crippen LogP contribution in [0.5, 0.6) is 5.75 Å². The van der Waals surface area contributed by atoms with E-state index in [0.717, 1.165) is 41.2 Å². The summed E-state index contributed by atoms with van der Waals surface area (Å²) < 4.78 is 6.17. The first-order valence-corrected chi connectivity index (χ1v) is 9.11. The minimum Gasteiger partial charge on any atom is -0.493 e. The SMILES string of the molecule is Cc1cc(-c2cccc([N+](=O)[O-])c2)cc(C)c1OCC1CCCN(C)C1.Cl. The van der Waals surface area contributed by atoms with Gasteiger partial charge in [-0.25, -0.2) is 0 Å². The van der Waals surface area contributed by atoms with Gasteiger partial charge in [-0.15, -0.1) is 12.4 Å². The van der Waals surface area contributed by atoms with Crippen LogP contribution in [0.2, 0.25) is 0 Å². The van der Waals surface area contributed by atoms with Crippen molar-refractivity contribution in [2.75, 3.05) is 26.7 Å². The lowest BCUT2D eigenvalue weighted by molar-refractivity contribution is -0.384. The molecule has 3 rings (SSSR count). The Morgan fingerprint density at radius 2 is 1.89 bits per heavy atom. The van der Waals surface area contributed by atoms with E-state index in [-0.39, 0.29) is 23.0 Å². The zero-order valence-electron chi connectivity index (χ0n) is 16.1. The van der Waals surface area contributed by atoms with Gasteiger partial charge in [0.2, 0.25) is 0 Å². The largest absolute Gasteiger partial charge is 0.493 e. The van der Waals surface area contributed by atoms with Crippen LogP contribution in [-0.4, -0.2) is 36.6 Å². The number of ether oxygens (including phenoxy) is 1. The third-order valence-corrected chi connectivity index (χ3v) is 5.04. The first-order chi connectivity index (χ1) is 12.4. The number of nitrogens with zero attached hydrogens (tertiary/aromatic N) is 2. The predicted molar refractivity (Wildman–Crippen MR) is 111 cm³/mol. The van der Waals surface area contributed by atoms with Gasteiger partial charge in [-0.2, -0.15) is 0 Å². The average Bonchev–Trinajstić information content (AvgIpc) is 2.61. The second-order valence-corrected chi connectivity index (χ2v) is 7.33. The van der Waals surface area contributed by atoms with Gasteiger partial charge in [0, 0.05) is 24.6 Å². The number of piperidine rings is 1. The molecular formula is C21H27ClN2O3. The van der Waals surface area contributed by atoms with Crippen LogP contribution < -0.4 is 4.74 Å². The summed E-state index contributed by atoms with van der Waals surface area (Å²) in [5, 5.41) is 11.0. The first-order valence-electron chi connectivity index (χ1n) is 9.11. The number of benzene rings is 2. The van der Waals surface area contributed by atoms with Gasteiger partial charge >= 0.3 is 0 Å². The molecule has 5 nitrogen and oxygen atoms in total. The number of halogens is 1. The van der Waals surface area contributed by atoms with Gasteiger partial charge in [0.1, 0.15) is 5.75 Å². The van der Waals surface area contributed by atoms with E-state index in [1.54, 1.807) is 12.1 Å². The zero-order valence-corrected chi connectivity index (χ0v) is 16.9. The maximum atomic E-state index is 11.0. The lowest BCUT2D eigenvalue weighted by Crippen LogP contribution is -2.34. The number of nitro benzene ring substituents is 1. The molecular weight excluding hydrogens is 364 g/mol. The van der Waals surface area contributed by atoms with Crippen molar-refractivity contribution in [3.63, 3.8) is 0 Å². The Bertz CT molecular complexity index is 787. The maximum absolute atomic E-state index is 11.0. The van der Waals surface area contributed by atoms with E-state index in [1.807, 2.05) is 32.0 Å². The summed E-state index contributed by atoms with van der Waals surface area (Å²) in [7, 11) is 2.16. The molecule has 0 bridgehead atoms. The number of likely N-dealkylation sites (tertiary alicyclic amines) is 1. The van der Waals surface area contributed by atoms with Crippen LogP contribution in [0, 0.1) is 29.9 Å². The highest BCUT2D eigenvalue weighted by Crippen LogP contribution is 2.32. The molecule has 1 atom stereocenters. The fourth-order valence-corrected chi connectivity index (χ4v) is 3.75. The van der Waals surface area contributed by atoms with E-state index in [2.05, 4.69) is 11.9 Å². The first kappa shape index (κ1) is 21.2. The summed E-state index contributed by atoms with van der Waals surface area (Å²) >= 11 is 0. The molecule has 0 saturated carbocycles. The average molecular weight is 391 g/mol. The fourth-order valence-electron chi connectivity index (χ4n) is 3.75. The molecule has 2 aromatic carbocycles. The molecule has 27 heavy (non-hydrogen) atoms.